The van der Waals surface area contributed by atoms with E-state index in [1.165, 1.54) is 0 Å². The predicted molar refractivity (Wildman–Crippen MR) is 194 cm³/mol. The van der Waals surface area contributed by atoms with Gasteiger partial charge in [-0.25, -0.2) is 0 Å². The molecule has 0 aliphatic carbocycles. The molecule has 2 amide bonds. The van der Waals surface area contributed by atoms with Gasteiger partial charge >= 0.3 is 0 Å². The zero-order valence-electron chi connectivity index (χ0n) is 26.9. The molecule has 0 saturated heterocycles. The summed E-state index contributed by atoms with van der Waals surface area (Å²) in [5.41, 5.74) is 2.35. The van der Waals surface area contributed by atoms with Gasteiger partial charge in [0.1, 0.15) is 11.5 Å². The average molecular weight is 751 g/mol. The third kappa shape index (κ3) is 9.94. The molecule has 0 aromatic heterocycles. The predicted octanol–water partition coefficient (Wildman–Crippen LogP) is 10.1. The SMILES string of the molecule is CC(C)CCOc1ccc(Br)cc1C(=O)N(CCN(C(=O)c1cc(Br)ccc1OCCC(C)C)c1ccccc1)c1ccccc1. The van der Waals surface area contributed by atoms with Gasteiger partial charge in [-0.15, -0.1) is 0 Å². The Balaban J connectivity index is 1.68. The lowest BCUT2D eigenvalue weighted by molar-refractivity contribution is 0.0963. The Morgan fingerprint density at radius 3 is 1.30 bits per heavy atom. The zero-order chi connectivity index (χ0) is 33.1. The maximum Gasteiger partial charge on any atom is 0.262 e. The topological polar surface area (TPSA) is 59.1 Å². The first kappa shape index (κ1) is 35.2. The monoisotopic (exact) mass is 748 g/mol. The van der Waals surface area contributed by atoms with E-state index in [2.05, 4.69) is 59.6 Å². The number of para-hydroxylation sites is 2. The molecule has 0 fully saturated rings. The van der Waals surface area contributed by atoms with Gasteiger partial charge in [-0.2, -0.15) is 0 Å². The number of ether oxygens (including phenoxy) is 2. The second kappa shape index (κ2) is 17.3. The normalized spacial score (nSPS) is 11.0. The van der Waals surface area contributed by atoms with Gasteiger partial charge in [-0.1, -0.05) is 96.0 Å². The number of benzene rings is 4. The maximum absolute atomic E-state index is 14.4. The van der Waals surface area contributed by atoms with Crippen LogP contribution in [0, 0.1) is 11.8 Å². The first-order valence-electron chi connectivity index (χ1n) is 15.7. The molecule has 6 nitrogen and oxygen atoms in total. The molecule has 0 aliphatic heterocycles. The Labute approximate surface area is 290 Å². The second-order valence-electron chi connectivity index (χ2n) is 11.9. The number of anilines is 2. The minimum atomic E-state index is -0.215. The van der Waals surface area contributed by atoms with Gasteiger partial charge < -0.3 is 19.3 Å². The molecule has 4 rings (SSSR count). The molecule has 0 bridgehead atoms. The van der Waals surface area contributed by atoms with Crippen molar-refractivity contribution < 1.29 is 19.1 Å². The molecular weight excluding hydrogens is 708 g/mol. The lowest BCUT2D eigenvalue weighted by Gasteiger charge is -2.29. The lowest BCUT2D eigenvalue weighted by atomic mass is 10.1. The van der Waals surface area contributed by atoms with E-state index >= 15 is 0 Å². The van der Waals surface area contributed by atoms with Crippen molar-refractivity contribution in [1.82, 2.24) is 0 Å². The highest BCUT2D eigenvalue weighted by Gasteiger charge is 2.26. The van der Waals surface area contributed by atoms with E-state index in [9.17, 15) is 9.59 Å². The van der Waals surface area contributed by atoms with Gasteiger partial charge in [0.25, 0.3) is 11.8 Å². The molecule has 0 N–H and O–H groups in total. The summed E-state index contributed by atoms with van der Waals surface area (Å²) in [7, 11) is 0. The van der Waals surface area contributed by atoms with E-state index in [0.29, 0.717) is 47.7 Å². The Morgan fingerprint density at radius 2 is 0.957 bits per heavy atom. The van der Waals surface area contributed by atoms with Crippen molar-refractivity contribution in [1.29, 1.82) is 0 Å². The van der Waals surface area contributed by atoms with E-state index in [0.717, 1.165) is 33.2 Å². The third-order valence-electron chi connectivity index (χ3n) is 7.42. The Kier molecular flexibility index (Phi) is 13.3. The van der Waals surface area contributed by atoms with Crippen molar-refractivity contribution in [2.45, 2.75) is 40.5 Å². The van der Waals surface area contributed by atoms with Crippen LogP contribution < -0.4 is 19.3 Å². The number of rotatable bonds is 15. The fourth-order valence-corrected chi connectivity index (χ4v) is 5.52. The smallest absolute Gasteiger partial charge is 0.262 e. The molecule has 8 heteroatoms. The van der Waals surface area contributed by atoms with Crippen LogP contribution in [0.3, 0.4) is 0 Å². The molecule has 0 aliphatic rings. The van der Waals surface area contributed by atoms with Crippen LogP contribution >= 0.6 is 31.9 Å². The van der Waals surface area contributed by atoms with Crippen LogP contribution in [0.2, 0.25) is 0 Å². The van der Waals surface area contributed by atoms with Gasteiger partial charge in [0.15, 0.2) is 0 Å². The van der Waals surface area contributed by atoms with Crippen molar-refractivity contribution in [3.05, 3.63) is 117 Å². The number of amides is 2. The summed E-state index contributed by atoms with van der Waals surface area (Å²) in [6.07, 6.45) is 1.75. The standard InChI is InChI=1S/C38H42Br2N2O4/c1-27(2)19-23-45-35-17-15-29(39)25-33(35)37(43)41(31-11-7-5-8-12-31)21-22-42(32-13-9-6-10-14-32)38(44)34-26-30(40)16-18-36(34)46-24-20-28(3)4/h5-18,25-28H,19-24H2,1-4H3. The fourth-order valence-electron chi connectivity index (χ4n) is 4.80. The maximum atomic E-state index is 14.4. The van der Waals surface area contributed by atoms with E-state index in [1.807, 2.05) is 84.9 Å². The van der Waals surface area contributed by atoms with Gasteiger partial charge in [0, 0.05) is 33.4 Å². The van der Waals surface area contributed by atoms with Crippen LogP contribution in [0.15, 0.2) is 106 Å². The van der Waals surface area contributed by atoms with Crippen LogP contribution in [0.5, 0.6) is 11.5 Å². The first-order valence-corrected chi connectivity index (χ1v) is 17.3. The van der Waals surface area contributed by atoms with Crippen LogP contribution in [-0.4, -0.2) is 38.1 Å². The molecule has 0 spiro atoms. The molecule has 46 heavy (non-hydrogen) atoms. The van der Waals surface area contributed by atoms with Crippen molar-refractivity contribution in [2.75, 3.05) is 36.1 Å². The molecular formula is C38H42Br2N2O4. The molecule has 0 atom stereocenters. The number of carbonyl (C=O) groups is 2. The highest BCUT2D eigenvalue weighted by Crippen LogP contribution is 2.30. The molecule has 0 radical (unpaired) electrons. The van der Waals surface area contributed by atoms with Crippen molar-refractivity contribution >= 4 is 55.0 Å². The fraction of sp³-hybridized carbons (Fsp3) is 0.316. The minimum absolute atomic E-state index is 0.215. The van der Waals surface area contributed by atoms with E-state index in [-0.39, 0.29) is 24.9 Å². The molecule has 0 heterocycles. The summed E-state index contributed by atoms with van der Waals surface area (Å²) >= 11 is 7.08. The summed E-state index contributed by atoms with van der Waals surface area (Å²) in [6, 6.07) is 30.1. The molecule has 0 unspecified atom stereocenters. The Bertz CT molecular complexity index is 1460. The summed E-state index contributed by atoms with van der Waals surface area (Å²) in [5.74, 6) is 1.58. The third-order valence-corrected chi connectivity index (χ3v) is 8.41. The number of hydrogen-bond donors (Lipinski definition) is 0. The Hall–Kier alpha value is -3.62. The van der Waals surface area contributed by atoms with Crippen molar-refractivity contribution in [3.8, 4) is 11.5 Å². The van der Waals surface area contributed by atoms with E-state index in [1.54, 1.807) is 21.9 Å². The highest BCUT2D eigenvalue weighted by atomic mass is 79.9. The first-order chi connectivity index (χ1) is 22.1. The summed E-state index contributed by atoms with van der Waals surface area (Å²) < 4.78 is 13.8. The lowest BCUT2D eigenvalue weighted by Crippen LogP contribution is -2.41. The minimum Gasteiger partial charge on any atom is -0.493 e. The zero-order valence-corrected chi connectivity index (χ0v) is 30.1. The molecule has 0 saturated carbocycles. The number of nitrogens with zero attached hydrogens (tertiary/aromatic N) is 2. The molecule has 4 aromatic rings. The number of hydrogen-bond acceptors (Lipinski definition) is 4. The van der Waals surface area contributed by atoms with Crippen LogP contribution in [-0.2, 0) is 0 Å². The van der Waals surface area contributed by atoms with Gasteiger partial charge in [0.05, 0.1) is 24.3 Å². The van der Waals surface area contributed by atoms with Gasteiger partial charge in [0.2, 0.25) is 0 Å². The van der Waals surface area contributed by atoms with Crippen molar-refractivity contribution in [2.24, 2.45) is 11.8 Å². The van der Waals surface area contributed by atoms with Gasteiger partial charge in [-0.05, 0) is 85.3 Å². The summed E-state index contributed by atoms with van der Waals surface area (Å²) in [5, 5.41) is 0. The number of halogens is 2. The molecule has 242 valence electrons. The average Bonchev–Trinajstić information content (AvgIpc) is 3.04. The van der Waals surface area contributed by atoms with Gasteiger partial charge in [-0.3, -0.25) is 9.59 Å². The van der Waals surface area contributed by atoms with Crippen molar-refractivity contribution in [3.63, 3.8) is 0 Å². The highest BCUT2D eigenvalue weighted by molar-refractivity contribution is 9.10. The van der Waals surface area contributed by atoms with E-state index in [4.69, 9.17) is 9.47 Å². The summed E-state index contributed by atoms with van der Waals surface area (Å²) in [6.45, 7) is 10.1. The number of carbonyl (C=O) groups excluding carboxylic acids is 2. The van der Waals surface area contributed by atoms with Crippen LogP contribution in [0.4, 0.5) is 11.4 Å². The largest absolute Gasteiger partial charge is 0.493 e. The summed E-state index contributed by atoms with van der Waals surface area (Å²) in [4.78, 5) is 32.2. The van der Waals surface area contributed by atoms with Crippen LogP contribution in [0.25, 0.3) is 0 Å². The second-order valence-corrected chi connectivity index (χ2v) is 13.8. The Morgan fingerprint density at radius 1 is 0.587 bits per heavy atom. The quantitative estimate of drug-likeness (QED) is 0.121. The van der Waals surface area contributed by atoms with E-state index < -0.39 is 0 Å². The molecule has 4 aromatic carbocycles. The van der Waals surface area contributed by atoms with Crippen LogP contribution in [0.1, 0.15) is 61.3 Å².